The standard InChI is InChI=1S/C24H21ClN2O3/c1-16-21(25)8-5-9-22(16)27-15-17(14-23(27)28)24(29)26-18-10-12-20(13-11-18)30-19-6-3-2-4-7-19/h2-13,17H,14-15H2,1H3,(H,26,29)/t17-/m1/s1. The van der Waals surface area contributed by atoms with Crippen LogP contribution in [0.25, 0.3) is 0 Å². The van der Waals surface area contributed by atoms with Gasteiger partial charge < -0.3 is 15.0 Å². The maximum atomic E-state index is 12.7. The number of nitrogens with one attached hydrogen (secondary N) is 1. The molecule has 3 aromatic rings. The van der Waals surface area contributed by atoms with Gasteiger partial charge in [0.1, 0.15) is 11.5 Å². The van der Waals surface area contributed by atoms with Crippen LogP contribution >= 0.6 is 11.6 Å². The van der Waals surface area contributed by atoms with Crippen molar-refractivity contribution in [3.63, 3.8) is 0 Å². The van der Waals surface area contributed by atoms with E-state index in [1.807, 2.05) is 49.4 Å². The number of benzene rings is 3. The number of carbonyl (C=O) groups is 2. The predicted octanol–water partition coefficient (Wildman–Crippen LogP) is 5.43. The third-order valence-corrected chi connectivity index (χ3v) is 5.54. The molecular weight excluding hydrogens is 400 g/mol. The van der Waals surface area contributed by atoms with Crippen molar-refractivity contribution in [1.82, 2.24) is 0 Å². The Morgan fingerprint density at radius 1 is 1.00 bits per heavy atom. The topological polar surface area (TPSA) is 58.6 Å². The number of carbonyl (C=O) groups excluding carboxylic acids is 2. The highest BCUT2D eigenvalue weighted by molar-refractivity contribution is 6.31. The zero-order chi connectivity index (χ0) is 21.1. The molecule has 0 spiro atoms. The number of halogens is 1. The minimum atomic E-state index is -0.420. The summed E-state index contributed by atoms with van der Waals surface area (Å²) < 4.78 is 5.76. The van der Waals surface area contributed by atoms with Gasteiger partial charge >= 0.3 is 0 Å². The number of hydrogen-bond donors (Lipinski definition) is 1. The number of para-hydroxylation sites is 1. The Morgan fingerprint density at radius 3 is 2.43 bits per heavy atom. The summed E-state index contributed by atoms with van der Waals surface area (Å²) in [6, 6.07) is 22.1. The second-order valence-corrected chi connectivity index (χ2v) is 7.63. The quantitative estimate of drug-likeness (QED) is 0.598. The lowest BCUT2D eigenvalue weighted by atomic mass is 10.1. The second kappa shape index (κ2) is 8.59. The SMILES string of the molecule is Cc1c(Cl)cccc1N1C[C@H](C(=O)Nc2ccc(Oc3ccccc3)cc2)CC1=O. The monoisotopic (exact) mass is 420 g/mol. The van der Waals surface area contributed by atoms with E-state index in [0.29, 0.717) is 23.0 Å². The Hall–Kier alpha value is -3.31. The van der Waals surface area contributed by atoms with E-state index in [0.717, 1.165) is 17.0 Å². The van der Waals surface area contributed by atoms with Gasteiger partial charge in [-0.25, -0.2) is 0 Å². The summed E-state index contributed by atoms with van der Waals surface area (Å²) >= 11 is 6.18. The average molecular weight is 421 g/mol. The molecule has 1 fully saturated rings. The number of ether oxygens (including phenoxy) is 1. The molecular formula is C24H21ClN2O3. The van der Waals surface area contributed by atoms with E-state index < -0.39 is 5.92 Å². The lowest BCUT2D eigenvalue weighted by molar-refractivity contribution is -0.122. The van der Waals surface area contributed by atoms with Crippen molar-refractivity contribution >= 4 is 34.8 Å². The van der Waals surface area contributed by atoms with Crippen LogP contribution in [-0.4, -0.2) is 18.4 Å². The molecule has 1 atom stereocenters. The molecule has 4 rings (SSSR count). The van der Waals surface area contributed by atoms with Crippen LogP contribution in [0.2, 0.25) is 5.02 Å². The molecule has 2 amide bonds. The molecule has 0 bridgehead atoms. The molecule has 1 aliphatic heterocycles. The molecule has 5 nitrogen and oxygen atoms in total. The molecule has 0 radical (unpaired) electrons. The Bertz CT molecular complexity index is 1070. The van der Waals surface area contributed by atoms with Gasteiger partial charge in [-0.2, -0.15) is 0 Å². The largest absolute Gasteiger partial charge is 0.457 e. The summed E-state index contributed by atoms with van der Waals surface area (Å²) in [5.41, 5.74) is 2.25. The van der Waals surface area contributed by atoms with E-state index >= 15 is 0 Å². The highest BCUT2D eigenvalue weighted by Crippen LogP contribution is 2.32. The van der Waals surface area contributed by atoms with Gasteiger partial charge in [0.2, 0.25) is 11.8 Å². The molecule has 0 unspecified atom stereocenters. The summed E-state index contributed by atoms with van der Waals surface area (Å²) in [7, 11) is 0. The maximum absolute atomic E-state index is 12.7. The predicted molar refractivity (Wildman–Crippen MR) is 118 cm³/mol. The lowest BCUT2D eigenvalue weighted by Gasteiger charge is -2.19. The van der Waals surface area contributed by atoms with E-state index in [9.17, 15) is 9.59 Å². The van der Waals surface area contributed by atoms with Gasteiger partial charge in [-0.3, -0.25) is 9.59 Å². The molecule has 152 valence electrons. The van der Waals surface area contributed by atoms with Gasteiger partial charge in [-0.1, -0.05) is 35.9 Å². The Balaban J connectivity index is 1.39. The van der Waals surface area contributed by atoms with E-state index in [4.69, 9.17) is 16.3 Å². The van der Waals surface area contributed by atoms with Gasteiger partial charge in [-0.15, -0.1) is 0 Å². The minimum Gasteiger partial charge on any atom is -0.457 e. The summed E-state index contributed by atoms with van der Waals surface area (Å²) in [5.74, 6) is 0.749. The van der Waals surface area contributed by atoms with Crippen molar-refractivity contribution in [1.29, 1.82) is 0 Å². The zero-order valence-corrected chi connectivity index (χ0v) is 17.2. The first-order valence-corrected chi connectivity index (χ1v) is 10.1. The molecule has 3 aromatic carbocycles. The van der Waals surface area contributed by atoms with E-state index in [2.05, 4.69) is 5.32 Å². The molecule has 1 N–H and O–H groups in total. The maximum Gasteiger partial charge on any atom is 0.229 e. The second-order valence-electron chi connectivity index (χ2n) is 7.22. The van der Waals surface area contributed by atoms with E-state index in [1.165, 1.54) is 0 Å². The molecule has 0 aromatic heterocycles. The van der Waals surface area contributed by atoms with E-state index in [-0.39, 0.29) is 18.2 Å². The normalized spacial score (nSPS) is 15.9. The lowest BCUT2D eigenvalue weighted by Crippen LogP contribution is -2.28. The van der Waals surface area contributed by atoms with Gasteiger partial charge in [-0.05, 0) is 61.0 Å². The van der Waals surface area contributed by atoms with Crippen molar-refractivity contribution in [3.8, 4) is 11.5 Å². The Kier molecular flexibility index (Phi) is 5.72. The van der Waals surface area contributed by atoms with Gasteiger partial charge in [0.25, 0.3) is 0 Å². The average Bonchev–Trinajstić information content (AvgIpc) is 3.14. The fourth-order valence-electron chi connectivity index (χ4n) is 3.48. The highest BCUT2D eigenvalue weighted by atomic mass is 35.5. The van der Waals surface area contributed by atoms with Crippen LogP contribution < -0.4 is 15.0 Å². The van der Waals surface area contributed by atoms with Crippen molar-refractivity contribution in [3.05, 3.63) is 83.4 Å². The molecule has 1 heterocycles. The fraction of sp³-hybridized carbons (Fsp3) is 0.167. The summed E-state index contributed by atoms with van der Waals surface area (Å²) in [6.45, 7) is 2.21. The molecule has 1 aliphatic rings. The zero-order valence-electron chi connectivity index (χ0n) is 16.5. The number of nitrogens with zero attached hydrogens (tertiary/aromatic N) is 1. The van der Waals surface area contributed by atoms with Gasteiger partial charge in [0.15, 0.2) is 0 Å². The molecule has 0 aliphatic carbocycles. The van der Waals surface area contributed by atoms with Crippen LogP contribution in [0.4, 0.5) is 11.4 Å². The van der Waals surface area contributed by atoms with Crippen LogP contribution in [0.5, 0.6) is 11.5 Å². The van der Waals surface area contributed by atoms with Crippen LogP contribution in [0.3, 0.4) is 0 Å². The first kappa shape index (κ1) is 20.0. The van der Waals surface area contributed by atoms with Crippen LogP contribution in [0, 0.1) is 12.8 Å². The van der Waals surface area contributed by atoms with Crippen molar-refractivity contribution in [2.75, 3.05) is 16.8 Å². The number of rotatable bonds is 5. The minimum absolute atomic E-state index is 0.0767. The smallest absolute Gasteiger partial charge is 0.229 e. The molecule has 6 heteroatoms. The van der Waals surface area contributed by atoms with Crippen LogP contribution in [-0.2, 0) is 9.59 Å². The third kappa shape index (κ3) is 4.31. The number of amides is 2. The van der Waals surface area contributed by atoms with Crippen molar-refractivity contribution in [2.45, 2.75) is 13.3 Å². The van der Waals surface area contributed by atoms with Crippen LogP contribution in [0.15, 0.2) is 72.8 Å². The van der Waals surface area contributed by atoms with E-state index in [1.54, 1.807) is 35.2 Å². The number of anilines is 2. The molecule has 30 heavy (non-hydrogen) atoms. The summed E-state index contributed by atoms with van der Waals surface area (Å²) in [5, 5.41) is 3.50. The van der Waals surface area contributed by atoms with Gasteiger partial charge in [0.05, 0.1) is 5.92 Å². The van der Waals surface area contributed by atoms with Crippen molar-refractivity contribution < 1.29 is 14.3 Å². The fourth-order valence-corrected chi connectivity index (χ4v) is 3.65. The summed E-state index contributed by atoms with van der Waals surface area (Å²) in [6.07, 6.45) is 0.174. The van der Waals surface area contributed by atoms with Crippen molar-refractivity contribution in [2.24, 2.45) is 5.92 Å². The first-order chi connectivity index (χ1) is 14.5. The van der Waals surface area contributed by atoms with Crippen LogP contribution in [0.1, 0.15) is 12.0 Å². The molecule has 0 saturated carbocycles. The summed E-state index contributed by atoms with van der Waals surface area (Å²) in [4.78, 5) is 26.9. The first-order valence-electron chi connectivity index (χ1n) is 9.70. The Labute approximate surface area is 180 Å². The van der Waals surface area contributed by atoms with Gasteiger partial charge in [0, 0.05) is 29.4 Å². The molecule has 1 saturated heterocycles. The third-order valence-electron chi connectivity index (χ3n) is 5.13. The Morgan fingerprint density at radius 2 is 1.70 bits per heavy atom. The highest BCUT2D eigenvalue weighted by Gasteiger charge is 2.35. The number of hydrogen-bond acceptors (Lipinski definition) is 3.